The number of benzene rings is 1. The fraction of sp³-hybridized carbons (Fsp3) is 0.353. The molecule has 0 atom stereocenters. The van der Waals surface area contributed by atoms with Crippen molar-refractivity contribution in [1.82, 2.24) is 9.97 Å². The molecule has 2 heterocycles. The number of halogens is 1. The van der Waals surface area contributed by atoms with Crippen molar-refractivity contribution in [2.75, 3.05) is 18.0 Å². The quantitative estimate of drug-likeness (QED) is 0.892. The zero-order valence-electron chi connectivity index (χ0n) is 12.8. The summed E-state index contributed by atoms with van der Waals surface area (Å²) in [4.78, 5) is 22.5. The number of amides is 1. The first kappa shape index (κ1) is 15.9. The molecule has 1 aromatic heterocycles. The summed E-state index contributed by atoms with van der Waals surface area (Å²) in [7, 11) is 0. The highest BCUT2D eigenvalue weighted by Gasteiger charge is 2.38. The first-order chi connectivity index (χ1) is 11.1. The highest BCUT2D eigenvalue weighted by molar-refractivity contribution is 9.10. The zero-order valence-corrected chi connectivity index (χ0v) is 14.4. The molecule has 0 saturated carbocycles. The Bertz CT molecular complexity index is 667. The average molecular weight is 375 g/mol. The number of hydrogen-bond acceptors (Lipinski definition) is 4. The maximum absolute atomic E-state index is 11.6. The highest BCUT2D eigenvalue weighted by atomic mass is 79.9. The molecule has 0 bridgehead atoms. The molecular formula is C17H19BrN4O. The standard InChI is InChI=1S/C17H19BrN4O/c18-14-11-20-16(21-12-14)22-8-6-17(7-9-22,10-15(19)23)13-4-2-1-3-5-13/h1-5,11-12H,6-10H2,(H2,19,23). The topological polar surface area (TPSA) is 72.1 Å². The van der Waals surface area contributed by atoms with Gasteiger partial charge in [-0.3, -0.25) is 4.79 Å². The maximum atomic E-state index is 11.6. The van der Waals surface area contributed by atoms with Crippen LogP contribution in [0.3, 0.4) is 0 Å². The van der Waals surface area contributed by atoms with E-state index in [0.29, 0.717) is 6.42 Å². The third-order valence-corrected chi connectivity index (χ3v) is 4.92. The fourth-order valence-corrected chi connectivity index (χ4v) is 3.50. The molecule has 1 aromatic carbocycles. The van der Waals surface area contributed by atoms with Crippen LogP contribution in [-0.4, -0.2) is 29.0 Å². The Balaban J connectivity index is 1.80. The van der Waals surface area contributed by atoms with E-state index >= 15 is 0 Å². The van der Waals surface area contributed by atoms with Crippen LogP contribution in [0, 0.1) is 0 Å². The van der Waals surface area contributed by atoms with E-state index in [-0.39, 0.29) is 11.3 Å². The van der Waals surface area contributed by atoms with Crippen molar-refractivity contribution in [3.05, 3.63) is 52.8 Å². The second-order valence-corrected chi connectivity index (χ2v) is 6.89. The smallest absolute Gasteiger partial charge is 0.225 e. The van der Waals surface area contributed by atoms with Gasteiger partial charge in [0.15, 0.2) is 0 Å². The lowest BCUT2D eigenvalue weighted by molar-refractivity contribution is -0.119. The number of aromatic nitrogens is 2. The number of piperidine rings is 1. The van der Waals surface area contributed by atoms with Gasteiger partial charge >= 0.3 is 0 Å². The van der Waals surface area contributed by atoms with E-state index in [9.17, 15) is 4.79 Å². The number of carbonyl (C=O) groups excluding carboxylic acids is 1. The van der Waals surface area contributed by atoms with Crippen molar-refractivity contribution < 1.29 is 4.79 Å². The minimum absolute atomic E-state index is 0.182. The van der Waals surface area contributed by atoms with Crippen LogP contribution in [-0.2, 0) is 10.2 Å². The van der Waals surface area contributed by atoms with E-state index in [2.05, 4.69) is 42.9 Å². The maximum Gasteiger partial charge on any atom is 0.225 e. The van der Waals surface area contributed by atoms with E-state index in [0.717, 1.165) is 36.4 Å². The molecule has 6 heteroatoms. The molecular weight excluding hydrogens is 356 g/mol. The van der Waals surface area contributed by atoms with E-state index in [1.54, 1.807) is 12.4 Å². The Labute approximate surface area is 144 Å². The third kappa shape index (κ3) is 3.52. The molecule has 0 unspecified atom stereocenters. The summed E-state index contributed by atoms with van der Waals surface area (Å²) in [5.41, 5.74) is 6.53. The van der Waals surface area contributed by atoms with E-state index < -0.39 is 0 Å². The summed E-state index contributed by atoms with van der Waals surface area (Å²) in [5, 5.41) is 0. The van der Waals surface area contributed by atoms with Crippen molar-refractivity contribution >= 4 is 27.8 Å². The van der Waals surface area contributed by atoms with Gasteiger partial charge in [0.05, 0.1) is 4.47 Å². The Morgan fingerprint density at radius 2 is 1.78 bits per heavy atom. The zero-order chi connectivity index (χ0) is 16.3. The van der Waals surface area contributed by atoms with E-state index in [4.69, 9.17) is 5.73 Å². The molecule has 3 rings (SSSR count). The molecule has 1 amide bonds. The van der Waals surface area contributed by atoms with Gasteiger partial charge in [-0.1, -0.05) is 30.3 Å². The summed E-state index contributed by atoms with van der Waals surface area (Å²) in [6.45, 7) is 1.62. The number of hydrogen-bond donors (Lipinski definition) is 1. The van der Waals surface area contributed by atoms with Gasteiger partial charge in [0, 0.05) is 37.3 Å². The SMILES string of the molecule is NC(=O)CC1(c2ccccc2)CCN(c2ncc(Br)cn2)CC1. The molecule has 1 fully saturated rings. The van der Waals surface area contributed by atoms with Crippen LogP contribution in [0.25, 0.3) is 0 Å². The molecule has 120 valence electrons. The molecule has 1 aliphatic heterocycles. The first-order valence-electron chi connectivity index (χ1n) is 7.65. The summed E-state index contributed by atoms with van der Waals surface area (Å²) in [5.74, 6) is 0.483. The minimum atomic E-state index is -0.248. The van der Waals surface area contributed by atoms with Gasteiger partial charge in [0.2, 0.25) is 11.9 Å². The van der Waals surface area contributed by atoms with Gasteiger partial charge in [-0.25, -0.2) is 9.97 Å². The minimum Gasteiger partial charge on any atom is -0.370 e. The van der Waals surface area contributed by atoms with Crippen molar-refractivity contribution in [2.45, 2.75) is 24.7 Å². The van der Waals surface area contributed by atoms with Gasteiger partial charge in [0.25, 0.3) is 0 Å². The molecule has 0 radical (unpaired) electrons. The van der Waals surface area contributed by atoms with Crippen LogP contribution in [0.5, 0.6) is 0 Å². The molecule has 2 N–H and O–H groups in total. The van der Waals surface area contributed by atoms with Crippen LogP contribution in [0.15, 0.2) is 47.2 Å². The van der Waals surface area contributed by atoms with Gasteiger partial charge in [-0.05, 0) is 34.3 Å². The van der Waals surface area contributed by atoms with Gasteiger partial charge < -0.3 is 10.6 Å². The van der Waals surface area contributed by atoms with Crippen molar-refractivity contribution in [3.63, 3.8) is 0 Å². The molecule has 1 aliphatic rings. The average Bonchev–Trinajstić information content (AvgIpc) is 2.57. The third-order valence-electron chi connectivity index (χ3n) is 4.51. The predicted octanol–water partition coefficient (Wildman–Crippen LogP) is 2.65. The number of nitrogens with two attached hydrogens (primary N) is 1. The number of rotatable bonds is 4. The molecule has 2 aromatic rings. The number of primary amides is 1. The summed E-state index contributed by atoms with van der Waals surface area (Å²) in [6, 6.07) is 10.2. The summed E-state index contributed by atoms with van der Waals surface area (Å²) in [6.07, 6.45) is 5.61. The van der Waals surface area contributed by atoms with Crippen molar-refractivity contribution in [3.8, 4) is 0 Å². The van der Waals surface area contributed by atoms with Crippen molar-refractivity contribution in [1.29, 1.82) is 0 Å². The number of anilines is 1. The van der Waals surface area contributed by atoms with Crippen LogP contribution in [0.2, 0.25) is 0 Å². The molecule has 1 saturated heterocycles. The largest absolute Gasteiger partial charge is 0.370 e. The monoisotopic (exact) mass is 374 g/mol. The lowest BCUT2D eigenvalue weighted by atomic mass is 9.70. The second kappa shape index (κ2) is 6.66. The molecule has 0 spiro atoms. The second-order valence-electron chi connectivity index (χ2n) is 5.98. The van der Waals surface area contributed by atoms with Gasteiger partial charge in [0.1, 0.15) is 0 Å². The van der Waals surface area contributed by atoms with Gasteiger partial charge in [-0.2, -0.15) is 0 Å². The molecule has 0 aliphatic carbocycles. The predicted molar refractivity (Wildman–Crippen MR) is 93.1 cm³/mol. The fourth-order valence-electron chi connectivity index (χ4n) is 3.30. The highest BCUT2D eigenvalue weighted by Crippen LogP contribution is 2.39. The Morgan fingerprint density at radius 1 is 1.17 bits per heavy atom. The Morgan fingerprint density at radius 3 is 2.35 bits per heavy atom. The van der Waals surface area contributed by atoms with Crippen LogP contribution in [0.1, 0.15) is 24.8 Å². The normalized spacial score (nSPS) is 17.0. The first-order valence-corrected chi connectivity index (χ1v) is 8.45. The summed E-state index contributed by atoms with van der Waals surface area (Å²) >= 11 is 3.35. The van der Waals surface area contributed by atoms with Crippen LogP contribution >= 0.6 is 15.9 Å². The number of carbonyl (C=O) groups is 1. The Hall–Kier alpha value is -1.95. The Kier molecular flexibility index (Phi) is 4.61. The van der Waals surface area contributed by atoms with Crippen LogP contribution < -0.4 is 10.6 Å². The molecule has 5 nitrogen and oxygen atoms in total. The van der Waals surface area contributed by atoms with Crippen molar-refractivity contribution in [2.24, 2.45) is 5.73 Å². The lowest BCUT2D eigenvalue weighted by Crippen LogP contribution is -2.45. The van der Waals surface area contributed by atoms with Gasteiger partial charge in [-0.15, -0.1) is 0 Å². The number of nitrogens with zero attached hydrogens (tertiary/aromatic N) is 3. The molecule has 23 heavy (non-hydrogen) atoms. The van der Waals surface area contributed by atoms with E-state index in [1.165, 1.54) is 5.56 Å². The lowest BCUT2D eigenvalue weighted by Gasteiger charge is -2.41. The summed E-state index contributed by atoms with van der Waals surface area (Å²) < 4.78 is 0.866. The van der Waals surface area contributed by atoms with E-state index in [1.807, 2.05) is 18.2 Å². The van der Waals surface area contributed by atoms with Crippen LogP contribution in [0.4, 0.5) is 5.95 Å².